The highest BCUT2D eigenvalue weighted by molar-refractivity contribution is 9.11. The third-order valence-electron chi connectivity index (χ3n) is 5.60. The van der Waals surface area contributed by atoms with Gasteiger partial charge in [-0.3, -0.25) is 14.6 Å². The molecule has 0 radical (unpaired) electrons. The number of nitrogens with zero attached hydrogens (tertiary/aromatic N) is 2. The van der Waals surface area contributed by atoms with Crippen LogP contribution in [0.2, 0.25) is 0 Å². The van der Waals surface area contributed by atoms with Gasteiger partial charge in [-0.2, -0.15) is 0 Å². The minimum atomic E-state index is -0.625. The molecule has 0 aliphatic carbocycles. The number of likely N-dealkylation sites (N-methyl/N-ethyl adjacent to an activating group) is 1. The van der Waals surface area contributed by atoms with Gasteiger partial charge in [0.05, 0.1) is 0 Å². The molecule has 3 aromatic rings. The molecule has 1 N–H and O–H groups in total. The number of benzene rings is 2. The van der Waals surface area contributed by atoms with Gasteiger partial charge in [0.25, 0.3) is 0 Å². The van der Waals surface area contributed by atoms with Gasteiger partial charge in [0.15, 0.2) is 0 Å². The number of aromatic nitrogens is 1. The summed E-state index contributed by atoms with van der Waals surface area (Å²) in [5, 5.41) is 2.71. The summed E-state index contributed by atoms with van der Waals surface area (Å²) in [5.74, 6) is -0.359. The highest BCUT2D eigenvalue weighted by Crippen LogP contribution is 2.27. The largest absolute Gasteiger partial charge is 0.488 e. The van der Waals surface area contributed by atoms with Gasteiger partial charge in [-0.25, -0.2) is 0 Å². The van der Waals surface area contributed by atoms with Crippen LogP contribution < -0.4 is 10.1 Å². The first kappa shape index (κ1) is 26.9. The molecule has 3 rings (SSSR count). The number of nitrogens with one attached hydrogen (secondary N) is 1. The van der Waals surface area contributed by atoms with Gasteiger partial charge in [0, 0.05) is 41.5 Å². The molecule has 8 heteroatoms. The van der Waals surface area contributed by atoms with Gasteiger partial charge in [-0.05, 0) is 86.9 Å². The number of aryl methyl sites for hydroxylation is 3. The second-order valence-corrected chi connectivity index (χ2v) is 10.3. The Labute approximate surface area is 223 Å². The monoisotopic (exact) mass is 601 g/mol. The summed E-state index contributed by atoms with van der Waals surface area (Å²) in [4.78, 5) is 30.5. The molecule has 2 aromatic carbocycles. The predicted octanol–water partition coefficient (Wildman–Crippen LogP) is 5.43. The molecule has 6 nitrogen and oxygen atoms in total. The van der Waals surface area contributed by atoms with Crippen molar-refractivity contribution in [2.45, 2.75) is 40.3 Å². The van der Waals surface area contributed by atoms with Gasteiger partial charge in [0.2, 0.25) is 0 Å². The lowest BCUT2D eigenvalue weighted by Gasteiger charge is -2.19. The van der Waals surface area contributed by atoms with Crippen molar-refractivity contribution in [3.05, 3.63) is 91.1 Å². The molecule has 0 spiro atoms. The van der Waals surface area contributed by atoms with E-state index >= 15 is 0 Å². The number of carbonyl (C=O) groups is 2. The Morgan fingerprint density at radius 1 is 0.971 bits per heavy atom. The van der Waals surface area contributed by atoms with E-state index in [1.165, 1.54) is 10.5 Å². The van der Waals surface area contributed by atoms with E-state index in [4.69, 9.17) is 4.74 Å². The Kier molecular flexibility index (Phi) is 9.46. The number of hydrogen-bond acceptors (Lipinski definition) is 4. The van der Waals surface area contributed by atoms with E-state index in [1.807, 2.05) is 26.0 Å². The van der Waals surface area contributed by atoms with E-state index in [1.54, 1.807) is 19.4 Å². The van der Waals surface area contributed by atoms with Gasteiger partial charge in [0.1, 0.15) is 12.4 Å². The van der Waals surface area contributed by atoms with Crippen LogP contribution >= 0.6 is 31.9 Å². The Bertz CT molecular complexity index is 1170. The SMILES string of the molecule is Cc1ccc(COc2c(C)cc(CN(C)C(=O)C(=O)NCCc3c(Br)cncc3Br)cc2C)cc1. The fraction of sp³-hybridized carbons (Fsp3) is 0.296. The lowest BCUT2D eigenvalue weighted by atomic mass is 10.0. The lowest BCUT2D eigenvalue weighted by molar-refractivity contribution is -0.145. The van der Waals surface area contributed by atoms with Gasteiger partial charge in [-0.15, -0.1) is 0 Å². The van der Waals surface area contributed by atoms with Gasteiger partial charge < -0.3 is 15.0 Å². The number of carbonyl (C=O) groups excluding carboxylic acids is 2. The molecule has 35 heavy (non-hydrogen) atoms. The zero-order chi connectivity index (χ0) is 25.5. The van der Waals surface area contributed by atoms with Crippen LogP contribution in [0.25, 0.3) is 0 Å². The summed E-state index contributed by atoms with van der Waals surface area (Å²) in [6.07, 6.45) is 3.96. The van der Waals surface area contributed by atoms with Crippen molar-refractivity contribution in [2.24, 2.45) is 0 Å². The predicted molar refractivity (Wildman–Crippen MR) is 144 cm³/mol. The van der Waals surface area contributed by atoms with Crippen LogP contribution in [0.15, 0.2) is 57.7 Å². The van der Waals surface area contributed by atoms with Gasteiger partial charge in [-0.1, -0.05) is 42.0 Å². The van der Waals surface area contributed by atoms with Crippen molar-refractivity contribution in [2.75, 3.05) is 13.6 Å². The molecular formula is C27H29Br2N3O3. The molecule has 0 bridgehead atoms. The van der Waals surface area contributed by atoms with Crippen LogP contribution in [0.3, 0.4) is 0 Å². The summed E-state index contributed by atoms with van der Waals surface area (Å²) in [6.45, 7) is 7.20. The summed E-state index contributed by atoms with van der Waals surface area (Å²) in [6, 6.07) is 12.3. The van der Waals surface area contributed by atoms with Crippen molar-refractivity contribution in [3.8, 4) is 5.75 Å². The second kappa shape index (κ2) is 12.3. The summed E-state index contributed by atoms with van der Waals surface area (Å²) in [5.41, 5.74) is 6.23. The third-order valence-corrected chi connectivity index (χ3v) is 6.96. The molecule has 0 saturated heterocycles. The van der Waals surface area contributed by atoms with Crippen LogP contribution in [0.5, 0.6) is 5.75 Å². The maximum atomic E-state index is 12.6. The lowest BCUT2D eigenvalue weighted by Crippen LogP contribution is -2.41. The van der Waals surface area contributed by atoms with E-state index in [9.17, 15) is 9.59 Å². The van der Waals surface area contributed by atoms with E-state index in [2.05, 4.69) is 73.3 Å². The van der Waals surface area contributed by atoms with Crippen molar-refractivity contribution < 1.29 is 14.3 Å². The van der Waals surface area contributed by atoms with Crippen LogP contribution in [-0.4, -0.2) is 35.3 Å². The summed E-state index contributed by atoms with van der Waals surface area (Å²) >= 11 is 6.91. The highest BCUT2D eigenvalue weighted by atomic mass is 79.9. The first-order valence-corrected chi connectivity index (χ1v) is 12.8. The Hall–Kier alpha value is -2.71. The molecule has 0 saturated carbocycles. The molecule has 1 heterocycles. The number of ether oxygens (including phenoxy) is 1. The van der Waals surface area contributed by atoms with E-state index < -0.39 is 11.8 Å². The Morgan fingerprint density at radius 2 is 1.57 bits per heavy atom. The average molecular weight is 603 g/mol. The molecule has 0 aliphatic rings. The molecule has 0 unspecified atom stereocenters. The Balaban J connectivity index is 1.55. The minimum Gasteiger partial charge on any atom is -0.488 e. The van der Waals surface area contributed by atoms with Crippen molar-refractivity contribution in [1.29, 1.82) is 0 Å². The van der Waals surface area contributed by atoms with Crippen LogP contribution in [0, 0.1) is 20.8 Å². The summed E-state index contributed by atoms with van der Waals surface area (Å²) < 4.78 is 7.78. The second-order valence-electron chi connectivity index (χ2n) is 8.58. The number of halogens is 2. The maximum absolute atomic E-state index is 12.6. The highest BCUT2D eigenvalue weighted by Gasteiger charge is 2.19. The molecular weight excluding hydrogens is 574 g/mol. The molecule has 184 valence electrons. The van der Waals surface area contributed by atoms with E-state index in [0.717, 1.165) is 42.5 Å². The van der Waals surface area contributed by atoms with Gasteiger partial charge >= 0.3 is 11.8 Å². The fourth-order valence-corrected chi connectivity index (χ4v) is 5.10. The normalized spacial score (nSPS) is 10.7. The van der Waals surface area contributed by atoms with Crippen LogP contribution in [0.4, 0.5) is 0 Å². The Morgan fingerprint density at radius 3 is 2.17 bits per heavy atom. The number of rotatable bonds is 8. The fourth-order valence-electron chi connectivity index (χ4n) is 3.77. The van der Waals surface area contributed by atoms with E-state index in [0.29, 0.717) is 26.1 Å². The maximum Gasteiger partial charge on any atom is 0.311 e. The molecule has 2 amide bonds. The van der Waals surface area contributed by atoms with Crippen LogP contribution in [-0.2, 0) is 29.2 Å². The topological polar surface area (TPSA) is 71.5 Å². The van der Waals surface area contributed by atoms with Crippen molar-refractivity contribution >= 4 is 43.7 Å². The van der Waals surface area contributed by atoms with Crippen LogP contribution in [0.1, 0.15) is 33.4 Å². The smallest absolute Gasteiger partial charge is 0.311 e. The summed E-state index contributed by atoms with van der Waals surface area (Å²) in [7, 11) is 1.63. The number of amides is 2. The molecule has 0 atom stereocenters. The van der Waals surface area contributed by atoms with Crippen molar-refractivity contribution in [3.63, 3.8) is 0 Å². The zero-order valence-corrected chi connectivity index (χ0v) is 23.5. The average Bonchev–Trinajstić information content (AvgIpc) is 2.81. The number of hydrogen-bond donors (Lipinski definition) is 1. The van der Waals surface area contributed by atoms with E-state index in [-0.39, 0.29) is 0 Å². The minimum absolute atomic E-state index is 0.327. The molecule has 1 aromatic heterocycles. The molecule has 0 aliphatic heterocycles. The standard InChI is InChI=1S/C27H29Br2N3O3/c1-17-5-7-20(8-6-17)16-35-25-18(2)11-21(12-19(25)3)15-32(4)27(34)26(33)31-10-9-22-23(28)13-30-14-24(22)29/h5-8,11-14H,9-10,15-16H2,1-4H3,(H,31,33). The first-order chi connectivity index (χ1) is 16.7. The molecule has 0 fully saturated rings. The zero-order valence-electron chi connectivity index (χ0n) is 20.3. The number of pyridine rings is 1. The quantitative estimate of drug-likeness (QED) is 0.349. The third kappa shape index (κ3) is 7.39. The first-order valence-electron chi connectivity index (χ1n) is 11.3. The van der Waals surface area contributed by atoms with Crippen molar-refractivity contribution in [1.82, 2.24) is 15.2 Å².